The van der Waals surface area contributed by atoms with E-state index in [1.54, 1.807) is 31.2 Å². The molecule has 212 valence electrons. The number of rotatable bonds is 7. The Morgan fingerprint density at radius 1 is 1.23 bits per heavy atom. The van der Waals surface area contributed by atoms with Crippen molar-refractivity contribution in [2.75, 3.05) is 13.1 Å². The summed E-state index contributed by atoms with van der Waals surface area (Å²) in [5.41, 5.74) is -0.330. The average molecular weight is 594 g/mol. The lowest BCUT2D eigenvalue weighted by atomic mass is 10.0. The molecule has 4 atom stereocenters. The fourth-order valence-electron chi connectivity index (χ4n) is 5.34. The highest BCUT2D eigenvalue weighted by molar-refractivity contribution is 8.51. The molecule has 5 rings (SSSR count). The highest BCUT2D eigenvalue weighted by Gasteiger charge is 2.73. The number of nitrogens with zero attached hydrogens (tertiary/aromatic N) is 2. The van der Waals surface area contributed by atoms with Crippen molar-refractivity contribution in [1.82, 2.24) is 15.5 Å². The molecule has 2 aliphatic heterocycles. The molecular formula is C27H25ClF3N4O4S-. The van der Waals surface area contributed by atoms with Gasteiger partial charge in [-0.3, -0.25) is 19.7 Å². The zero-order chi connectivity index (χ0) is 29.1. The molecule has 1 spiro atoms. The van der Waals surface area contributed by atoms with Gasteiger partial charge in [0.25, 0.3) is 0 Å². The van der Waals surface area contributed by atoms with Crippen LogP contribution in [0.4, 0.5) is 13.2 Å². The Labute approximate surface area is 235 Å². The molecule has 2 saturated heterocycles. The molecule has 40 heavy (non-hydrogen) atoms. The highest BCUT2D eigenvalue weighted by Crippen LogP contribution is 2.82. The minimum atomic E-state index is -4.65. The van der Waals surface area contributed by atoms with E-state index in [4.69, 9.17) is 11.6 Å². The monoisotopic (exact) mass is 593 g/mol. The van der Waals surface area contributed by atoms with Gasteiger partial charge in [-0.15, -0.1) is 0 Å². The number of nitrogens with one attached hydrogen (secondary N) is 2. The van der Waals surface area contributed by atoms with Crippen molar-refractivity contribution < 1.29 is 32.1 Å². The number of alkyl halides is 3. The van der Waals surface area contributed by atoms with Crippen LogP contribution in [-0.4, -0.2) is 62.0 Å². The number of carbonyl (C=O) groups excluding carboxylic acids is 3. The molecule has 0 radical (unpaired) electrons. The lowest BCUT2D eigenvalue weighted by Gasteiger charge is -2.32. The van der Waals surface area contributed by atoms with Crippen molar-refractivity contribution in [1.29, 1.82) is 5.26 Å². The molecule has 3 aliphatic rings. The van der Waals surface area contributed by atoms with Gasteiger partial charge in [0, 0.05) is 11.6 Å². The van der Waals surface area contributed by atoms with Gasteiger partial charge in [-0.2, -0.15) is 18.4 Å². The van der Waals surface area contributed by atoms with E-state index in [1.165, 1.54) is 24.3 Å². The Hall–Kier alpha value is -3.11. The van der Waals surface area contributed by atoms with Gasteiger partial charge in [-0.25, -0.2) is 10.3 Å². The van der Waals surface area contributed by atoms with Crippen LogP contribution in [0.1, 0.15) is 36.4 Å². The zero-order valence-electron chi connectivity index (χ0n) is 21.3. The molecule has 4 unspecified atom stereocenters. The minimum Gasteiger partial charge on any atom is -0.802 e. The number of hydrogen-bond acceptors (Lipinski definition) is 6. The second-order valence-corrected chi connectivity index (χ2v) is 13.6. The molecule has 13 heteroatoms. The van der Waals surface area contributed by atoms with Crippen LogP contribution in [0, 0.1) is 18.3 Å². The van der Waals surface area contributed by atoms with Gasteiger partial charge in [0.2, 0.25) is 11.8 Å². The Morgan fingerprint density at radius 2 is 1.88 bits per heavy atom. The molecule has 2 amide bonds. The zero-order valence-corrected chi connectivity index (χ0v) is 22.8. The van der Waals surface area contributed by atoms with Crippen LogP contribution < -0.4 is 10.6 Å². The van der Waals surface area contributed by atoms with Crippen molar-refractivity contribution in [3.05, 3.63) is 64.7 Å². The van der Waals surface area contributed by atoms with Crippen molar-refractivity contribution in [2.24, 2.45) is 0 Å². The number of aryl methyl sites for hydroxylation is 1. The molecule has 0 bridgehead atoms. The summed E-state index contributed by atoms with van der Waals surface area (Å²) >= 11 is 5.94. The number of carbonyl (C=O) groups is 3. The molecule has 1 saturated carbocycles. The smallest absolute Gasteiger partial charge is 0.401 e. The topological polar surface area (TPSA) is 125 Å². The Balaban J connectivity index is 1.52. The largest absolute Gasteiger partial charge is 0.802 e. The van der Waals surface area contributed by atoms with E-state index in [-0.39, 0.29) is 12.0 Å². The van der Waals surface area contributed by atoms with E-state index in [2.05, 4.69) is 10.6 Å². The molecule has 2 heterocycles. The van der Waals surface area contributed by atoms with E-state index in [0.717, 1.165) is 4.90 Å². The third kappa shape index (κ3) is 4.75. The summed E-state index contributed by atoms with van der Waals surface area (Å²) < 4.78 is 52.2. The van der Waals surface area contributed by atoms with Gasteiger partial charge in [0.15, 0.2) is 5.12 Å². The van der Waals surface area contributed by atoms with Crippen molar-refractivity contribution in [3.63, 3.8) is 0 Å². The number of benzene rings is 2. The third-order valence-electron chi connectivity index (χ3n) is 7.74. The lowest BCUT2D eigenvalue weighted by Crippen LogP contribution is -2.52. The van der Waals surface area contributed by atoms with E-state index < -0.39 is 68.9 Å². The maximum absolute atomic E-state index is 14.2. The summed E-state index contributed by atoms with van der Waals surface area (Å²) in [5.74, 6) is -1.61. The number of halogens is 4. The number of amides is 2. The number of hydrogen-bond donors (Lipinski definition) is 2. The van der Waals surface area contributed by atoms with Crippen LogP contribution in [0.5, 0.6) is 0 Å². The van der Waals surface area contributed by atoms with E-state index in [9.17, 15) is 37.4 Å². The Morgan fingerprint density at radius 3 is 2.45 bits per heavy atom. The molecule has 2 aromatic rings. The predicted octanol–water partition coefficient (Wildman–Crippen LogP) is 3.89. The van der Waals surface area contributed by atoms with E-state index in [1.807, 2.05) is 6.07 Å². The standard InChI is InChI=1S/C27H26ClF3N4O4S/c1-16-4-2-3-5-20(16)40(39)24(38)26(40)12-19(22(36)34-25(13-32)10-11-25)35(15-26)23(37)21(33-14-27(29,30)31)17-6-8-18(28)9-7-17/h2-9,19,21,33,39H,10-12,14-15H2,1H3,(H,34,36)/p-1. The fourth-order valence-corrected chi connectivity index (χ4v) is 8.68. The van der Waals surface area contributed by atoms with Crippen LogP contribution in [0.15, 0.2) is 53.4 Å². The van der Waals surface area contributed by atoms with Crippen LogP contribution >= 0.6 is 21.9 Å². The normalized spacial score (nSPS) is 28.9. The maximum atomic E-state index is 14.2. The first-order chi connectivity index (χ1) is 18.8. The first kappa shape index (κ1) is 28.4. The van der Waals surface area contributed by atoms with Gasteiger partial charge in [-0.1, -0.05) is 48.0 Å². The molecule has 2 aromatic carbocycles. The van der Waals surface area contributed by atoms with Gasteiger partial charge >= 0.3 is 6.18 Å². The molecule has 8 nitrogen and oxygen atoms in total. The molecular weight excluding hydrogens is 569 g/mol. The van der Waals surface area contributed by atoms with Crippen molar-refractivity contribution in [3.8, 4) is 6.07 Å². The third-order valence-corrected chi connectivity index (χ3v) is 11.4. The van der Waals surface area contributed by atoms with E-state index in [0.29, 0.717) is 28.3 Å². The van der Waals surface area contributed by atoms with Gasteiger partial charge in [-0.05, 0) is 54.3 Å². The second kappa shape index (κ2) is 9.76. The molecule has 3 fully saturated rings. The van der Waals surface area contributed by atoms with Gasteiger partial charge in [0.1, 0.15) is 17.6 Å². The molecule has 0 aromatic heterocycles. The molecule has 1 aliphatic carbocycles. The Kier molecular flexibility index (Phi) is 6.94. The number of nitriles is 1. The van der Waals surface area contributed by atoms with Gasteiger partial charge < -0.3 is 14.8 Å². The lowest BCUT2D eigenvalue weighted by molar-refractivity contribution is -0.143. The van der Waals surface area contributed by atoms with Crippen LogP contribution in [0.3, 0.4) is 0 Å². The SMILES string of the molecule is Cc1ccccc1S1([O-])C(=O)C12CC(C(=O)NC1(C#N)CC1)N(C(=O)C(NCC(F)(F)F)c1ccc(Cl)cc1)C2. The average Bonchev–Trinajstić information content (AvgIpc) is 3.69. The summed E-state index contributed by atoms with van der Waals surface area (Å²) in [4.78, 5) is 42.1. The van der Waals surface area contributed by atoms with Crippen molar-refractivity contribution in [2.45, 2.75) is 59.6 Å². The van der Waals surface area contributed by atoms with Crippen LogP contribution in [-0.2, 0) is 14.4 Å². The second-order valence-electron chi connectivity index (χ2n) is 10.5. The maximum Gasteiger partial charge on any atom is 0.401 e. The number of likely N-dealkylation sites (tertiary alicyclic amines) is 1. The van der Waals surface area contributed by atoms with Gasteiger partial charge in [0.05, 0.1) is 17.4 Å². The van der Waals surface area contributed by atoms with E-state index >= 15 is 0 Å². The molecule has 2 N–H and O–H groups in total. The summed E-state index contributed by atoms with van der Waals surface area (Å²) in [6.45, 7) is -0.212. The predicted molar refractivity (Wildman–Crippen MR) is 140 cm³/mol. The quantitative estimate of drug-likeness (QED) is 0.469. The first-order valence-electron chi connectivity index (χ1n) is 12.5. The van der Waals surface area contributed by atoms with Crippen molar-refractivity contribution >= 4 is 38.8 Å². The summed E-state index contributed by atoms with van der Waals surface area (Å²) in [6, 6.07) is 11.4. The summed E-state index contributed by atoms with van der Waals surface area (Å²) in [5, 5.41) is 14.0. The Bertz CT molecular complexity index is 1430. The summed E-state index contributed by atoms with van der Waals surface area (Å²) in [6.07, 6.45) is -4.11. The fraction of sp³-hybridized carbons (Fsp3) is 0.407. The first-order valence-corrected chi connectivity index (χ1v) is 14.4. The highest BCUT2D eigenvalue weighted by atomic mass is 35.5. The van der Waals surface area contributed by atoms with Crippen LogP contribution in [0.25, 0.3) is 0 Å². The van der Waals surface area contributed by atoms with Crippen LogP contribution in [0.2, 0.25) is 5.02 Å². The minimum absolute atomic E-state index is 0.163. The summed E-state index contributed by atoms with van der Waals surface area (Å²) in [7, 11) is -3.35.